The molecule has 2 atom stereocenters. The topological polar surface area (TPSA) is 43.7 Å². The summed E-state index contributed by atoms with van der Waals surface area (Å²) in [7, 11) is 0. The highest BCUT2D eigenvalue weighted by molar-refractivity contribution is 5.39. The van der Waals surface area contributed by atoms with E-state index < -0.39 is 5.60 Å². The van der Waals surface area contributed by atoms with E-state index in [2.05, 4.69) is 4.90 Å². The molecule has 2 aliphatic rings. The van der Waals surface area contributed by atoms with Crippen LogP contribution in [0.1, 0.15) is 43.2 Å². The molecule has 0 bridgehead atoms. The Morgan fingerprint density at radius 3 is 3.00 bits per heavy atom. The molecule has 1 aliphatic heterocycles. The normalized spacial score (nSPS) is 31.0. The summed E-state index contributed by atoms with van der Waals surface area (Å²) in [5.74, 6) is 0.842. The number of aryl methyl sites for hydroxylation is 1. The summed E-state index contributed by atoms with van der Waals surface area (Å²) in [6, 6.07) is 5.95. The summed E-state index contributed by atoms with van der Waals surface area (Å²) in [6.07, 6.45) is 5.42. The van der Waals surface area contributed by atoms with Crippen molar-refractivity contribution < 1.29 is 10.2 Å². The number of phenolic OH excluding ortho intramolecular Hbond substituents is 1. The van der Waals surface area contributed by atoms with E-state index in [0.717, 1.165) is 50.0 Å². The molecule has 3 rings (SSSR count). The van der Waals surface area contributed by atoms with Gasteiger partial charge in [0.15, 0.2) is 0 Å². The number of hydrogen-bond donors (Lipinski definition) is 2. The zero-order chi connectivity index (χ0) is 14.2. The summed E-state index contributed by atoms with van der Waals surface area (Å²) in [6.45, 7) is 4.62. The highest BCUT2D eigenvalue weighted by atomic mass is 16.3. The number of benzene rings is 1. The number of fused-ring (bicyclic) bond motifs is 1. The van der Waals surface area contributed by atoms with Crippen molar-refractivity contribution in [2.75, 3.05) is 13.1 Å². The molecule has 1 heterocycles. The van der Waals surface area contributed by atoms with E-state index in [1.807, 2.05) is 25.1 Å². The van der Waals surface area contributed by atoms with Crippen LogP contribution in [-0.4, -0.2) is 33.8 Å². The molecule has 2 fully saturated rings. The lowest BCUT2D eigenvalue weighted by atomic mass is 9.71. The molecule has 20 heavy (non-hydrogen) atoms. The average Bonchev–Trinajstić information content (AvgIpc) is 2.44. The highest BCUT2D eigenvalue weighted by Gasteiger charge is 2.42. The second-order valence-electron chi connectivity index (χ2n) is 6.61. The zero-order valence-electron chi connectivity index (χ0n) is 12.3. The van der Waals surface area contributed by atoms with Gasteiger partial charge >= 0.3 is 0 Å². The molecule has 2 N–H and O–H groups in total. The van der Waals surface area contributed by atoms with Gasteiger partial charge in [-0.25, -0.2) is 0 Å². The number of phenols is 1. The fourth-order valence-electron chi connectivity index (χ4n) is 3.87. The number of rotatable bonds is 2. The Morgan fingerprint density at radius 2 is 2.15 bits per heavy atom. The van der Waals surface area contributed by atoms with Crippen LogP contribution < -0.4 is 0 Å². The van der Waals surface area contributed by atoms with Crippen molar-refractivity contribution in [3.05, 3.63) is 29.3 Å². The summed E-state index contributed by atoms with van der Waals surface area (Å²) >= 11 is 0. The molecule has 1 aliphatic carbocycles. The molecule has 0 radical (unpaired) electrons. The standard InChI is InChI=1S/C17H25NO2/c1-13-5-4-6-14(16(13)19)11-18-10-9-17(20)8-3-2-7-15(17)12-18/h4-6,15,19-20H,2-3,7-12H2,1H3. The fraction of sp³-hybridized carbons (Fsp3) is 0.647. The van der Waals surface area contributed by atoms with Crippen LogP contribution in [0.4, 0.5) is 0 Å². The molecule has 1 saturated carbocycles. The Hall–Kier alpha value is -1.06. The summed E-state index contributed by atoms with van der Waals surface area (Å²) in [5.41, 5.74) is 1.53. The zero-order valence-corrected chi connectivity index (χ0v) is 12.3. The quantitative estimate of drug-likeness (QED) is 0.872. The second-order valence-corrected chi connectivity index (χ2v) is 6.61. The minimum Gasteiger partial charge on any atom is -0.507 e. The van der Waals surface area contributed by atoms with Crippen LogP contribution in [0.25, 0.3) is 0 Å². The van der Waals surface area contributed by atoms with Crippen LogP contribution >= 0.6 is 0 Å². The van der Waals surface area contributed by atoms with Gasteiger partial charge in [-0.1, -0.05) is 31.0 Å². The fourth-order valence-corrected chi connectivity index (χ4v) is 3.87. The van der Waals surface area contributed by atoms with Crippen molar-refractivity contribution in [2.45, 2.75) is 51.2 Å². The molecule has 1 aromatic carbocycles. The van der Waals surface area contributed by atoms with E-state index in [1.165, 1.54) is 12.8 Å². The predicted octanol–water partition coefficient (Wildman–Crippen LogP) is 2.83. The van der Waals surface area contributed by atoms with Crippen molar-refractivity contribution in [1.29, 1.82) is 0 Å². The van der Waals surface area contributed by atoms with Gasteiger partial charge in [0.25, 0.3) is 0 Å². The van der Waals surface area contributed by atoms with Crippen molar-refractivity contribution in [2.24, 2.45) is 5.92 Å². The lowest BCUT2D eigenvalue weighted by molar-refractivity contribution is -0.0968. The van der Waals surface area contributed by atoms with Gasteiger partial charge in [-0.15, -0.1) is 0 Å². The SMILES string of the molecule is Cc1cccc(CN2CCC3(O)CCCCC3C2)c1O. The average molecular weight is 275 g/mol. The third-order valence-corrected chi connectivity index (χ3v) is 5.23. The van der Waals surface area contributed by atoms with Gasteiger partial charge in [-0.3, -0.25) is 4.90 Å². The molecule has 0 aromatic heterocycles. The monoisotopic (exact) mass is 275 g/mol. The van der Waals surface area contributed by atoms with Gasteiger partial charge in [0, 0.05) is 31.1 Å². The van der Waals surface area contributed by atoms with Gasteiger partial charge in [0.2, 0.25) is 0 Å². The molecule has 0 amide bonds. The van der Waals surface area contributed by atoms with E-state index in [4.69, 9.17) is 0 Å². The molecule has 3 heteroatoms. The Kier molecular flexibility index (Phi) is 3.74. The largest absolute Gasteiger partial charge is 0.507 e. The van der Waals surface area contributed by atoms with E-state index in [-0.39, 0.29) is 0 Å². The van der Waals surface area contributed by atoms with Crippen molar-refractivity contribution >= 4 is 0 Å². The minimum absolute atomic E-state index is 0.413. The Labute approximate surface area is 121 Å². The summed E-state index contributed by atoms with van der Waals surface area (Å²) < 4.78 is 0. The number of aliphatic hydroxyl groups is 1. The second kappa shape index (κ2) is 5.38. The number of hydrogen-bond acceptors (Lipinski definition) is 3. The Balaban J connectivity index is 1.69. The maximum atomic E-state index is 10.7. The lowest BCUT2D eigenvalue weighted by Gasteiger charge is -2.47. The molecular weight excluding hydrogens is 250 g/mol. The molecule has 0 spiro atoms. The first kappa shape index (κ1) is 13.9. The van der Waals surface area contributed by atoms with Gasteiger partial charge in [0.1, 0.15) is 5.75 Å². The number of piperidine rings is 1. The van der Waals surface area contributed by atoms with Crippen LogP contribution in [-0.2, 0) is 6.54 Å². The van der Waals surface area contributed by atoms with E-state index in [0.29, 0.717) is 11.7 Å². The van der Waals surface area contributed by atoms with E-state index >= 15 is 0 Å². The third kappa shape index (κ3) is 2.57. The van der Waals surface area contributed by atoms with Crippen LogP contribution in [0, 0.1) is 12.8 Å². The van der Waals surface area contributed by atoms with Crippen LogP contribution in [0.3, 0.4) is 0 Å². The number of likely N-dealkylation sites (tertiary alicyclic amines) is 1. The van der Waals surface area contributed by atoms with Crippen molar-refractivity contribution in [1.82, 2.24) is 4.90 Å². The van der Waals surface area contributed by atoms with Gasteiger partial charge < -0.3 is 10.2 Å². The predicted molar refractivity (Wildman–Crippen MR) is 79.6 cm³/mol. The van der Waals surface area contributed by atoms with Gasteiger partial charge in [-0.2, -0.15) is 0 Å². The van der Waals surface area contributed by atoms with Gasteiger partial charge in [0.05, 0.1) is 5.60 Å². The van der Waals surface area contributed by atoms with Crippen LogP contribution in [0.5, 0.6) is 5.75 Å². The highest BCUT2D eigenvalue weighted by Crippen LogP contribution is 2.40. The Bertz CT molecular complexity index is 488. The molecule has 3 nitrogen and oxygen atoms in total. The Morgan fingerprint density at radius 1 is 1.30 bits per heavy atom. The maximum Gasteiger partial charge on any atom is 0.122 e. The van der Waals surface area contributed by atoms with Crippen LogP contribution in [0.15, 0.2) is 18.2 Å². The summed E-state index contributed by atoms with van der Waals surface area (Å²) in [4.78, 5) is 2.39. The molecule has 110 valence electrons. The van der Waals surface area contributed by atoms with E-state index in [9.17, 15) is 10.2 Å². The number of nitrogens with zero attached hydrogens (tertiary/aromatic N) is 1. The van der Waals surface area contributed by atoms with E-state index in [1.54, 1.807) is 0 Å². The van der Waals surface area contributed by atoms with Gasteiger partial charge in [-0.05, 0) is 31.7 Å². The molecular formula is C17H25NO2. The third-order valence-electron chi connectivity index (χ3n) is 5.23. The number of aromatic hydroxyl groups is 1. The first-order valence-corrected chi connectivity index (χ1v) is 7.81. The number of para-hydroxylation sites is 1. The molecule has 1 aromatic rings. The molecule has 2 unspecified atom stereocenters. The lowest BCUT2D eigenvalue weighted by Crippen LogP contribution is -2.52. The molecule has 1 saturated heterocycles. The van der Waals surface area contributed by atoms with Crippen LogP contribution in [0.2, 0.25) is 0 Å². The van der Waals surface area contributed by atoms with Crippen molar-refractivity contribution in [3.63, 3.8) is 0 Å². The maximum absolute atomic E-state index is 10.7. The minimum atomic E-state index is -0.413. The first-order valence-electron chi connectivity index (χ1n) is 7.81. The smallest absolute Gasteiger partial charge is 0.122 e. The summed E-state index contributed by atoms with van der Waals surface area (Å²) in [5, 5.41) is 20.8. The van der Waals surface area contributed by atoms with Crippen molar-refractivity contribution in [3.8, 4) is 5.75 Å². The first-order chi connectivity index (χ1) is 9.58.